The molecule has 2 amide bonds. The number of nitrogens with zero attached hydrogens (tertiary/aromatic N) is 2. The molecular weight excluding hydrogens is 544 g/mol. The van der Waals surface area contributed by atoms with Gasteiger partial charge in [-0.2, -0.15) is 0 Å². The van der Waals surface area contributed by atoms with Crippen LogP contribution in [0.5, 0.6) is 0 Å². The van der Waals surface area contributed by atoms with Crippen LogP contribution in [0.1, 0.15) is 53.4 Å². The second-order valence-corrected chi connectivity index (χ2v) is 12.5. The predicted molar refractivity (Wildman–Crippen MR) is 158 cm³/mol. The minimum absolute atomic E-state index is 0.125. The first-order valence-electron chi connectivity index (χ1n) is 14.6. The average molecular weight is 587 g/mol. The number of ether oxygens (including phenoxy) is 2. The zero-order valence-electron chi connectivity index (χ0n) is 24.6. The lowest BCUT2D eigenvalue weighted by molar-refractivity contribution is -0.163. The van der Waals surface area contributed by atoms with Crippen molar-refractivity contribution in [1.29, 1.82) is 0 Å². The Hall–Kier alpha value is -2.68. The third-order valence-electron chi connectivity index (χ3n) is 9.32. The van der Waals surface area contributed by atoms with Gasteiger partial charge in [0, 0.05) is 6.54 Å². The first kappa shape index (κ1) is 31.3. The predicted octanol–water partition coefficient (Wildman–Crippen LogP) is 4.79. The van der Waals surface area contributed by atoms with Gasteiger partial charge in [0.2, 0.25) is 5.91 Å². The van der Waals surface area contributed by atoms with Gasteiger partial charge in [-0.1, -0.05) is 56.7 Å². The van der Waals surface area contributed by atoms with E-state index < -0.39 is 41.1 Å². The van der Waals surface area contributed by atoms with Crippen molar-refractivity contribution in [2.75, 3.05) is 24.7 Å². The Bertz CT molecular complexity index is 1190. The maximum absolute atomic E-state index is 14.7. The third kappa shape index (κ3) is 5.12. The van der Waals surface area contributed by atoms with Crippen LogP contribution >= 0.6 is 11.6 Å². The van der Waals surface area contributed by atoms with Crippen LogP contribution in [0.3, 0.4) is 0 Å². The molecule has 3 unspecified atom stereocenters. The molecule has 2 bridgehead atoms. The number of rotatable bonds is 13. The van der Waals surface area contributed by atoms with Crippen molar-refractivity contribution in [1.82, 2.24) is 4.90 Å². The summed E-state index contributed by atoms with van der Waals surface area (Å²) < 4.78 is 12.5. The maximum Gasteiger partial charge on any atom is 0.312 e. The molecule has 0 radical (unpaired) electrons. The van der Waals surface area contributed by atoms with Gasteiger partial charge in [-0.05, 0) is 56.6 Å². The van der Waals surface area contributed by atoms with E-state index in [1.807, 2.05) is 33.8 Å². The number of likely N-dealkylation sites (tertiary alicyclic amines) is 1. The Balaban J connectivity index is 1.80. The summed E-state index contributed by atoms with van der Waals surface area (Å²) >= 11 is 6.54. The molecule has 3 saturated heterocycles. The van der Waals surface area contributed by atoms with E-state index in [0.717, 1.165) is 12.8 Å². The minimum atomic E-state index is -1.27. The van der Waals surface area contributed by atoms with Crippen LogP contribution in [0.15, 0.2) is 49.6 Å². The van der Waals surface area contributed by atoms with E-state index >= 15 is 0 Å². The molecule has 224 valence electrons. The second-order valence-electron chi connectivity index (χ2n) is 12.1. The Morgan fingerprint density at radius 2 is 1.98 bits per heavy atom. The molecule has 1 N–H and O–H groups in total. The lowest BCUT2D eigenvalue weighted by atomic mass is 9.62. The first-order chi connectivity index (χ1) is 19.5. The molecule has 3 heterocycles. The van der Waals surface area contributed by atoms with Crippen molar-refractivity contribution < 1.29 is 29.0 Å². The molecule has 7 atom stereocenters. The van der Waals surface area contributed by atoms with Crippen LogP contribution in [0, 0.1) is 23.7 Å². The van der Waals surface area contributed by atoms with E-state index in [0.29, 0.717) is 23.6 Å². The summed E-state index contributed by atoms with van der Waals surface area (Å²) in [7, 11) is 0. The molecule has 1 aromatic carbocycles. The van der Waals surface area contributed by atoms with Gasteiger partial charge < -0.3 is 24.4 Å². The highest BCUT2D eigenvalue weighted by molar-refractivity contribution is 6.34. The zero-order chi connectivity index (χ0) is 30.1. The first-order valence-corrected chi connectivity index (χ1v) is 14.9. The van der Waals surface area contributed by atoms with E-state index in [9.17, 15) is 19.5 Å². The van der Waals surface area contributed by atoms with Crippen molar-refractivity contribution in [3.63, 3.8) is 0 Å². The van der Waals surface area contributed by atoms with Crippen LogP contribution in [0.2, 0.25) is 5.02 Å². The third-order valence-corrected chi connectivity index (χ3v) is 9.64. The van der Waals surface area contributed by atoms with Gasteiger partial charge in [-0.3, -0.25) is 14.4 Å². The summed E-state index contributed by atoms with van der Waals surface area (Å²) in [5.74, 6) is -3.31. The number of esters is 1. The normalized spacial score (nSPS) is 30.8. The number of aliphatic hydroxyl groups excluding tert-OH is 1. The topological polar surface area (TPSA) is 96.4 Å². The van der Waals surface area contributed by atoms with Gasteiger partial charge in [0.25, 0.3) is 5.91 Å². The highest BCUT2D eigenvalue weighted by atomic mass is 35.5. The molecule has 3 fully saturated rings. The number of allylic oxidation sites excluding steroid dienone is 1. The van der Waals surface area contributed by atoms with Gasteiger partial charge in [0.05, 0.1) is 41.5 Å². The Morgan fingerprint density at radius 1 is 1.27 bits per heavy atom. The summed E-state index contributed by atoms with van der Waals surface area (Å²) in [4.78, 5) is 45.9. The van der Waals surface area contributed by atoms with Gasteiger partial charge in [-0.15, -0.1) is 13.2 Å². The van der Waals surface area contributed by atoms with Crippen molar-refractivity contribution in [2.45, 2.75) is 76.7 Å². The number of fused-ring (bicyclic) bond motifs is 1. The largest absolute Gasteiger partial charge is 0.465 e. The molecule has 0 aliphatic carbocycles. The fourth-order valence-electron chi connectivity index (χ4n) is 7.20. The van der Waals surface area contributed by atoms with E-state index in [2.05, 4.69) is 13.2 Å². The molecule has 0 aromatic heterocycles. The molecule has 3 aliphatic rings. The van der Waals surface area contributed by atoms with E-state index in [1.165, 1.54) is 9.80 Å². The standard InChI is InChI=1S/C32H43ClN2O6/c1-7-9-10-13-17-40-30(39)26-25-28(37)35(24(19-36)20(3)4)27(32(25)18-21(5)31(26,6)41-32)29(38)34(16-8-2)23-15-12-11-14-22(23)33/h7-8,11-12,14-15,20-21,24-27,36H,1-2,9-10,13,16-19H2,3-6H3/t21?,24-,25-,26-,27?,31+,32?/m0/s1. The average Bonchev–Trinajstić information content (AvgIpc) is 3.44. The Morgan fingerprint density at radius 3 is 2.59 bits per heavy atom. The lowest BCUT2D eigenvalue weighted by Crippen LogP contribution is -2.60. The van der Waals surface area contributed by atoms with Crippen LogP contribution in [-0.4, -0.2) is 70.8 Å². The number of halogens is 1. The van der Waals surface area contributed by atoms with Gasteiger partial charge >= 0.3 is 5.97 Å². The van der Waals surface area contributed by atoms with Crippen LogP contribution in [-0.2, 0) is 23.9 Å². The van der Waals surface area contributed by atoms with Crippen molar-refractivity contribution >= 4 is 35.1 Å². The highest BCUT2D eigenvalue weighted by Crippen LogP contribution is 2.66. The fourth-order valence-corrected chi connectivity index (χ4v) is 7.44. The molecule has 1 spiro atoms. The SMILES string of the molecule is C=CCCCCOC(=O)[C@@H]1[C@H]2C(=O)N([C@@H](CO)C(C)C)C(C(=O)N(CC=C)c3ccccc3Cl)C23CC(C)[C@@]1(C)O3. The number of carbonyl (C=O) groups is 3. The van der Waals surface area contributed by atoms with Gasteiger partial charge in [-0.25, -0.2) is 0 Å². The van der Waals surface area contributed by atoms with Gasteiger partial charge in [0.15, 0.2) is 0 Å². The van der Waals surface area contributed by atoms with Gasteiger partial charge in [0.1, 0.15) is 17.6 Å². The maximum atomic E-state index is 14.7. The molecule has 1 aromatic rings. The molecule has 4 rings (SSSR count). The fraction of sp³-hybridized carbons (Fsp3) is 0.594. The number of carbonyl (C=O) groups excluding carboxylic acids is 3. The second kappa shape index (κ2) is 12.3. The van der Waals surface area contributed by atoms with E-state index in [1.54, 1.807) is 30.3 Å². The number of hydrogen-bond donors (Lipinski definition) is 1. The van der Waals surface area contributed by atoms with Crippen LogP contribution < -0.4 is 4.90 Å². The smallest absolute Gasteiger partial charge is 0.312 e. The summed E-state index contributed by atoms with van der Waals surface area (Å²) in [6.45, 7) is 15.3. The van der Waals surface area contributed by atoms with Crippen molar-refractivity contribution in [3.05, 3.63) is 54.6 Å². The van der Waals surface area contributed by atoms with Crippen molar-refractivity contribution in [2.24, 2.45) is 23.7 Å². The molecule has 3 aliphatic heterocycles. The minimum Gasteiger partial charge on any atom is -0.465 e. The summed E-state index contributed by atoms with van der Waals surface area (Å²) in [5, 5.41) is 10.9. The lowest BCUT2D eigenvalue weighted by Gasteiger charge is -2.40. The van der Waals surface area contributed by atoms with Crippen LogP contribution in [0.25, 0.3) is 0 Å². The molecular formula is C32H43ClN2O6. The van der Waals surface area contributed by atoms with Crippen LogP contribution in [0.4, 0.5) is 5.69 Å². The number of aliphatic hydroxyl groups is 1. The van der Waals surface area contributed by atoms with E-state index in [4.69, 9.17) is 21.1 Å². The number of benzene rings is 1. The summed E-state index contributed by atoms with van der Waals surface area (Å²) in [5.41, 5.74) is -1.76. The molecule has 9 heteroatoms. The molecule has 41 heavy (non-hydrogen) atoms. The number of unbranched alkanes of at least 4 members (excludes halogenated alkanes) is 2. The number of hydrogen-bond acceptors (Lipinski definition) is 6. The number of para-hydroxylation sites is 1. The number of anilines is 1. The number of amides is 2. The quantitative estimate of drug-likeness (QED) is 0.203. The summed E-state index contributed by atoms with van der Waals surface area (Å²) in [6, 6.07) is 5.28. The monoisotopic (exact) mass is 586 g/mol. The molecule has 8 nitrogen and oxygen atoms in total. The van der Waals surface area contributed by atoms with Crippen molar-refractivity contribution in [3.8, 4) is 0 Å². The highest BCUT2D eigenvalue weighted by Gasteiger charge is 2.81. The van der Waals surface area contributed by atoms with E-state index in [-0.39, 0.29) is 43.4 Å². The zero-order valence-corrected chi connectivity index (χ0v) is 25.3. The Kier molecular flexibility index (Phi) is 9.36. The molecule has 0 saturated carbocycles. The Labute approximate surface area is 248 Å². The summed E-state index contributed by atoms with van der Waals surface area (Å²) in [6.07, 6.45) is 6.19.